The molecule has 2 rings (SSSR count). The molecule has 0 spiro atoms. The van der Waals surface area contributed by atoms with Crippen molar-refractivity contribution in [2.24, 2.45) is 0 Å². The van der Waals surface area contributed by atoms with Crippen molar-refractivity contribution in [3.63, 3.8) is 0 Å². The Balaban J connectivity index is 2.33. The van der Waals surface area contributed by atoms with Crippen LogP contribution in [0.3, 0.4) is 0 Å². The quantitative estimate of drug-likeness (QED) is 0.675. The van der Waals surface area contributed by atoms with Crippen LogP contribution in [0.25, 0.3) is 0 Å². The summed E-state index contributed by atoms with van der Waals surface area (Å²) in [7, 11) is 0. The molecule has 0 bridgehead atoms. The fraction of sp³-hybridized carbons (Fsp3) is 0.571. The van der Waals surface area contributed by atoms with Crippen molar-refractivity contribution in [1.82, 2.24) is 0 Å². The number of ether oxygens (including phenoxy) is 1. The van der Waals surface area contributed by atoms with Crippen molar-refractivity contribution < 1.29 is 4.74 Å². The van der Waals surface area contributed by atoms with Gasteiger partial charge in [-0.2, -0.15) is 0 Å². The summed E-state index contributed by atoms with van der Waals surface area (Å²) in [6.07, 6.45) is 4.06. The van der Waals surface area contributed by atoms with Crippen LogP contribution in [0.15, 0.2) is 12.1 Å². The summed E-state index contributed by atoms with van der Waals surface area (Å²) < 4.78 is 5.87. The average Bonchev–Trinajstić information content (AvgIpc) is 2.17. The van der Waals surface area contributed by atoms with Gasteiger partial charge in [0.2, 0.25) is 0 Å². The van der Waals surface area contributed by atoms with Crippen LogP contribution in [0.2, 0.25) is 0 Å². The fourth-order valence-corrected chi connectivity index (χ4v) is 2.67. The van der Waals surface area contributed by atoms with E-state index in [2.05, 4.69) is 32.9 Å². The maximum atomic E-state index is 5.87. The third kappa shape index (κ3) is 2.23. The van der Waals surface area contributed by atoms with E-state index in [9.17, 15) is 0 Å². The molecule has 15 heavy (non-hydrogen) atoms. The molecular weight excluding hydrogens is 184 g/mol. The van der Waals surface area contributed by atoms with E-state index in [1.54, 1.807) is 0 Å². The molecule has 1 aromatic carbocycles. The highest BCUT2D eigenvalue weighted by Crippen LogP contribution is 2.32. The average molecular weight is 204 g/mol. The van der Waals surface area contributed by atoms with Crippen molar-refractivity contribution in [2.45, 2.75) is 46.1 Å². The Morgan fingerprint density at radius 3 is 2.27 bits per heavy atom. The van der Waals surface area contributed by atoms with E-state index in [0.29, 0.717) is 6.10 Å². The highest BCUT2D eigenvalue weighted by atomic mass is 16.5. The van der Waals surface area contributed by atoms with Gasteiger partial charge in [-0.1, -0.05) is 17.7 Å². The summed E-state index contributed by atoms with van der Waals surface area (Å²) in [5.74, 6) is 0. The van der Waals surface area contributed by atoms with Gasteiger partial charge in [0.25, 0.3) is 0 Å². The highest BCUT2D eigenvalue weighted by Gasteiger charge is 2.19. The van der Waals surface area contributed by atoms with Crippen LogP contribution in [-0.4, -0.2) is 6.61 Å². The first-order valence-corrected chi connectivity index (χ1v) is 5.88. The number of hydrogen-bond acceptors (Lipinski definition) is 1. The third-order valence-corrected chi connectivity index (χ3v) is 3.24. The van der Waals surface area contributed by atoms with Crippen LogP contribution in [0.1, 0.15) is 47.6 Å². The predicted molar refractivity (Wildman–Crippen MR) is 63.2 cm³/mol. The molecule has 0 amide bonds. The van der Waals surface area contributed by atoms with Gasteiger partial charge in [0, 0.05) is 6.61 Å². The van der Waals surface area contributed by atoms with Gasteiger partial charge in [-0.15, -0.1) is 0 Å². The van der Waals surface area contributed by atoms with Gasteiger partial charge in [0.15, 0.2) is 0 Å². The lowest BCUT2D eigenvalue weighted by molar-refractivity contribution is 0.0142. The molecule has 1 atom stereocenters. The summed E-state index contributed by atoms with van der Waals surface area (Å²) in [5, 5.41) is 0. The topological polar surface area (TPSA) is 9.23 Å². The molecule has 0 N–H and O–H groups in total. The summed E-state index contributed by atoms with van der Waals surface area (Å²) in [6.45, 7) is 7.49. The van der Waals surface area contributed by atoms with Crippen LogP contribution in [-0.2, 0) is 4.74 Å². The Morgan fingerprint density at radius 1 is 1.07 bits per heavy atom. The van der Waals surface area contributed by atoms with Crippen LogP contribution in [0.5, 0.6) is 0 Å². The van der Waals surface area contributed by atoms with Gasteiger partial charge < -0.3 is 4.74 Å². The highest BCUT2D eigenvalue weighted by molar-refractivity contribution is 5.39. The van der Waals surface area contributed by atoms with E-state index in [1.165, 1.54) is 41.5 Å². The molecule has 0 aromatic heterocycles. The Kier molecular flexibility index (Phi) is 3.11. The van der Waals surface area contributed by atoms with Gasteiger partial charge in [-0.3, -0.25) is 0 Å². The van der Waals surface area contributed by atoms with Crippen LogP contribution in [0.4, 0.5) is 0 Å². The first-order valence-electron chi connectivity index (χ1n) is 5.88. The second-order valence-electron chi connectivity index (χ2n) is 4.67. The van der Waals surface area contributed by atoms with Crippen LogP contribution >= 0.6 is 0 Å². The molecular formula is C14H20O. The van der Waals surface area contributed by atoms with E-state index in [1.807, 2.05) is 0 Å². The summed E-state index contributed by atoms with van der Waals surface area (Å²) >= 11 is 0. The minimum Gasteiger partial charge on any atom is -0.374 e. The standard InChI is InChI=1S/C14H20O/c1-10-8-11(2)14(12(3)9-10)13-6-4-5-7-15-13/h8-9,13H,4-7H2,1-3H3. The SMILES string of the molecule is Cc1cc(C)c(C2CCCCO2)c(C)c1. The maximum Gasteiger partial charge on any atom is 0.0830 e. The van der Waals surface area contributed by atoms with Crippen LogP contribution in [0, 0.1) is 20.8 Å². The van der Waals surface area contributed by atoms with Crippen LogP contribution < -0.4 is 0 Å². The third-order valence-electron chi connectivity index (χ3n) is 3.24. The molecule has 1 heterocycles. The van der Waals surface area contributed by atoms with E-state index >= 15 is 0 Å². The van der Waals surface area contributed by atoms with E-state index < -0.39 is 0 Å². The molecule has 82 valence electrons. The Hall–Kier alpha value is -0.820. The first-order chi connectivity index (χ1) is 7.18. The molecule has 1 nitrogen and oxygen atoms in total. The molecule has 0 radical (unpaired) electrons. The monoisotopic (exact) mass is 204 g/mol. The normalized spacial score (nSPS) is 21.7. The molecule has 1 aliphatic rings. The van der Waals surface area contributed by atoms with Crippen molar-refractivity contribution >= 4 is 0 Å². The number of hydrogen-bond donors (Lipinski definition) is 0. The maximum absolute atomic E-state index is 5.87. The van der Waals surface area contributed by atoms with Crippen molar-refractivity contribution in [2.75, 3.05) is 6.61 Å². The minimum atomic E-state index is 0.347. The zero-order valence-electron chi connectivity index (χ0n) is 9.97. The molecule has 1 fully saturated rings. The summed E-state index contributed by atoms with van der Waals surface area (Å²) in [5.41, 5.74) is 5.56. The molecule has 1 aliphatic heterocycles. The fourth-order valence-electron chi connectivity index (χ4n) is 2.67. The number of benzene rings is 1. The smallest absolute Gasteiger partial charge is 0.0830 e. The van der Waals surface area contributed by atoms with Gasteiger partial charge in [-0.25, -0.2) is 0 Å². The van der Waals surface area contributed by atoms with E-state index in [-0.39, 0.29) is 0 Å². The molecule has 1 unspecified atom stereocenters. The molecule has 0 saturated carbocycles. The number of aryl methyl sites for hydroxylation is 3. The number of rotatable bonds is 1. The van der Waals surface area contributed by atoms with Gasteiger partial charge >= 0.3 is 0 Å². The Morgan fingerprint density at radius 2 is 1.73 bits per heavy atom. The second kappa shape index (κ2) is 4.36. The Bertz CT molecular complexity index is 325. The minimum absolute atomic E-state index is 0.347. The molecule has 1 aromatic rings. The molecule has 0 aliphatic carbocycles. The lowest BCUT2D eigenvalue weighted by atomic mass is 9.92. The molecule has 1 saturated heterocycles. The Labute approximate surface area is 92.5 Å². The van der Waals surface area contributed by atoms with Gasteiger partial charge in [0.1, 0.15) is 0 Å². The van der Waals surface area contributed by atoms with Gasteiger partial charge in [0.05, 0.1) is 6.10 Å². The predicted octanol–water partition coefficient (Wildman–Crippen LogP) is 3.85. The zero-order valence-corrected chi connectivity index (χ0v) is 9.97. The van der Waals surface area contributed by atoms with E-state index in [4.69, 9.17) is 4.74 Å². The molecule has 1 heteroatoms. The van der Waals surface area contributed by atoms with Gasteiger partial charge in [-0.05, 0) is 56.7 Å². The van der Waals surface area contributed by atoms with Crippen molar-refractivity contribution in [3.8, 4) is 0 Å². The first kappa shape index (κ1) is 10.7. The zero-order chi connectivity index (χ0) is 10.8. The summed E-state index contributed by atoms with van der Waals surface area (Å²) in [4.78, 5) is 0. The second-order valence-corrected chi connectivity index (χ2v) is 4.67. The lowest BCUT2D eigenvalue weighted by Gasteiger charge is -2.26. The van der Waals surface area contributed by atoms with Crippen molar-refractivity contribution in [1.29, 1.82) is 0 Å². The van der Waals surface area contributed by atoms with Crippen molar-refractivity contribution in [3.05, 3.63) is 34.4 Å². The largest absolute Gasteiger partial charge is 0.374 e. The summed E-state index contributed by atoms with van der Waals surface area (Å²) in [6, 6.07) is 4.53. The lowest BCUT2D eigenvalue weighted by Crippen LogP contribution is -2.14. The van der Waals surface area contributed by atoms with E-state index in [0.717, 1.165) is 6.61 Å².